The molecular weight excluding hydrogens is 322 g/mol. The van der Waals surface area contributed by atoms with Crippen molar-refractivity contribution in [3.63, 3.8) is 0 Å². The average molecular weight is 345 g/mol. The van der Waals surface area contributed by atoms with Crippen LogP contribution in [0, 0.1) is 0 Å². The van der Waals surface area contributed by atoms with Crippen LogP contribution in [0.4, 0.5) is 9.93 Å². The van der Waals surface area contributed by atoms with Gasteiger partial charge in [0.25, 0.3) is 0 Å². The molecule has 1 aromatic heterocycles. The Labute approximate surface area is 139 Å². The maximum Gasteiger partial charge on any atom is 0.321 e. The number of amides is 3. The number of carbonyl (C=O) groups is 2. The fourth-order valence-corrected chi connectivity index (χ4v) is 2.92. The predicted octanol–water partition coefficient (Wildman–Crippen LogP) is 2.46. The second kappa shape index (κ2) is 7.28. The minimum Gasteiger partial charge on any atom is -0.351 e. The van der Waals surface area contributed by atoms with Gasteiger partial charge in [-0.25, -0.2) is 4.79 Å². The van der Waals surface area contributed by atoms with Crippen molar-refractivity contribution in [3.05, 3.63) is 0 Å². The van der Waals surface area contributed by atoms with E-state index in [9.17, 15) is 9.59 Å². The molecule has 7 nitrogen and oxygen atoms in total. The number of anilines is 1. The lowest BCUT2D eigenvalue weighted by Crippen LogP contribution is -2.43. The van der Waals surface area contributed by atoms with Gasteiger partial charge in [0.1, 0.15) is 0 Å². The highest BCUT2D eigenvalue weighted by atomic mass is 32.2. The third kappa shape index (κ3) is 8.18. The topological polar surface area (TPSA) is 96.0 Å². The van der Waals surface area contributed by atoms with Crippen LogP contribution in [0.3, 0.4) is 0 Å². The molecule has 0 radical (unpaired) electrons. The van der Waals surface area contributed by atoms with Gasteiger partial charge in [-0.05, 0) is 41.5 Å². The van der Waals surface area contributed by atoms with E-state index in [1.54, 1.807) is 0 Å². The Bertz CT molecular complexity index is 531. The van der Waals surface area contributed by atoms with Crippen LogP contribution in [0.5, 0.6) is 0 Å². The summed E-state index contributed by atoms with van der Waals surface area (Å²) in [7, 11) is 0. The highest BCUT2D eigenvalue weighted by molar-refractivity contribution is 8.01. The molecule has 1 heterocycles. The highest BCUT2D eigenvalue weighted by Gasteiger charge is 2.17. The summed E-state index contributed by atoms with van der Waals surface area (Å²) < 4.78 is 0.634. The summed E-state index contributed by atoms with van der Waals surface area (Å²) >= 11 is 2.53. The first-order valence-electron chi connectivity index (χ1n) is 6.81. The van der Waals surface area contributed by atoms with Gasteiger partial charge in [-0.1, -0.05) is 23.1 Å². The Morgan fingerprint density at radius 2 is 1.64 bits per heavy atom. The van der Waals surface area contributed by atoms with Crippen LogP contribution in [0.1, 0.15) is 41.5 Å². The molecule has 0 aliphatic rings. The van der Waals surface area contributed by atoms with Crippen molar-refractivity contribution in [2.24, 2.45) is 0 Å². The molecule has 124 valence electrons. The van der Waals surface area contributed by atoms with Crippen LogP contribution in [0.15, 0.2) is 4.34 Å². The number of carbonyl (C=O) groups excluding carboxylic acids is 2. The van der Waals surface area contributed by atoms with Gasteiger partial charge in [0.05, 0.1) is 5.75 Å². The zero-order chi connectivity index (χ0) is 17.0. The summed E-state index contributed by atoms with van der Waals surface area (Å²) in [4.78, 5) is 23.4. The second-order valence-corrected chi connectivity index (χ2v) is 8.99. The second-order valence-electron chi connectivity index (χ2n) is 6.79. The molecule has 0 saturated carbocycles. The van der Waals surface area contributed by atoms with E-state index in [0.717, 1.165) is 0 Å². The predicted molar refractivity (Wildman–Crippen MR) is 90.4 cm³/mol. The molecule has 0 fully saturated rings. The van der Waals surface area contributed by atoms with E-state index in [1.165, 1.54) is 23.1 Å². The first-order chi connectivity index (χ1) is 9.94. The maximum absolute atomic E-state index is 11.7. The van der Waals surface area contributed by atoms with Crippen LogP contribution >= 0.6 is 23.1 Å². The van der Waals surface area contributed by atoms with Gasteiger partial charge in [-0.3, -0.25) is 10.1 Å². The van der Waals surface area contributed by atoms with E-state index in [-0.39, 0.29) is 28.8 Å². The minimum atomic E-state index is -0.328. The molecule has 9 heteroatoms. The number of thioether (sulfide) groups is 1. The Kier molecular flexibility index (Phi) is 6.18. The van der Waals surface area contributed by atoms with Crippen LogP contribution < -0.4 is 16.0 Å². The Morgan fingerprint density at radius 3 is 2.18 bits per heavy atom. The summed E-state index contributed by atoms with van der Waals surface area (Å²) in [5, 5.41) is 16.5. The third-order valence-electron chi connectivity index (χ3n) is 1.96. The summed E-state index contributed by atoms with van der Waals surface area (Å²) in [6, 6.07) is -0.328. The van der Waals surface area contributed by atoms with Gasteiger partial charge in [0.2, 0.25) is 11.0 Å². The van der Waals surface area contributed by atoms with Crippen molar-refractivity contribution < 1.29 is 9.59 Å². The monoisotopic (exact) mass is 345 g/mol. The van der Waals surface area contributed by atoms with Crippen molar-refractivity contribution in [2.45, 2.75) is 57.0 Å². The maximum atomic E-state index is 11.7. The molecule has 0 bridgehead atoms. The van der Waals surface area contributed by atoms with E-state index < -0.39 is 0 Å². The van der Waals surface area contributed by atoms with Crippen molar-refractivity contribution in [3.8, 4) is 0 Å². The number of nitrogens with one attached hydrogen (secondary N) is 3. The van der Waals surface area contributed by atoms with E-state index in [0.29, 0.717) is 9.47 Å². The van der Waals surface area contributed by atoms with Crippen LogP contribution in [-0.4, -0.2) is 39.0 Å². The van der Waals surface area contributed by atoms with Crippen molar-refractivity contribution >= 4 is 40.2 Å². The molecular formula is C13H23N5O2S2. The quantitative estimate of drug-likeness (QED) is 0.575. The van der Waals surface area contributed by atoms with Crippen LogP contribution in [-0.2, 0) is 4.79 Å². The summed E-state index contributed by atoms with van der Waals surface area (Å²) in [5.41, 5.74) is -0.575. The smallest absolute Gasteiger partial charge is 0.321 e. The fourth-order valence-electron chi connectivity index (χ4n) is 1.37. The molecule has 3 amide bonds. The lowest BCUT2D eigenvalue weighted by molar-refractivity contribution is -0.119. The number of aromatic nitrogens is 2. The minimum absolute atomic E-state index is 0.0623. The zero-order valence-corrected chi connectivity index (χ0v) is 15.4. The number of hydrogen-bond donors (Lipinski definition) is 3. The number of hydrogen-bond acceptors (Lipinski definition) is 6. The van der Waals surface area contributed by atoms with Crippen molar-refractivity contribution in [2.75, 3.05) is 11.1 Å². The molecule has 0 aromatic carbocycles. The normalized spacial score (nSPS) is 11.9. The van der Waals surface area contributed by atoms with Gasteiger partial charge in [-0.15, -0.1) is 10.2 Å². The SMILES string of the molecule is CC(C)(C)NC(=O)CSc1nnc(NC(=O)NC(C)(C)C)s1. The van der Waals surface area contributed by atoms with Crippen LogP contribution in [0.2, 0.25) is 0 Å². The average Bonchev–Trinajstić information content (AvgIpc) is 2.68. The molecule has 1 aromatic rings. The summed E-state index contributed by atoms with van der Waals surface area (Å²) in [6.07, 6.45) is 0. The number of nitrogens with zero attached hydrogens (tertiary/aromatic N) is 2. The van der Waals surface area contributed by atoms with Gasteiger partial charge in [-0.2, -0.15) is 0 Å². The van der Waals surface area contributed by atoms with Crippen molar-refractivity contribution in [1.29, 1.82) is 0 Å². The Balaban J connectivity index is 2.45. The molecule has 3 N–H and O–H groups in total. The molecule has 1 rings (SSSR count). The molecule has 0 spiro atoms. The van der Waals surface area contributed by atoms with E-state index >= 15 is 0 Å². The lowest BCUT2D eigenvalue weighted by Gasteiger charge is -2.20. The molecule has 0 aliphatic carbocycles. The fraction of sp³-hybridized carbons (Fsp3) is 0.692. The zero-order valence-electron chi connectivity index (χ0n) is 13.7. The molecule has 22 heavy (non-hydrogen) atoms. The largest absolute Gasteiger partial charge is 0.351 e. The molecule has 0 unspecified atom stereocenters. The van der Waals surface area contributed by atoms with E-state index in [2.05, 4.69) is 26.1 Å². The lowest BCUT2D eigenvalue weighted by atomic mass is 10.1. The van der Waals surface area contributed by atoms with Gasteiger partial charge in [0.15, 0.2) is 4.34 Å². The van der Waals surface area contributed by atoms with Crippen molar-refractivity contribution in [1.82, 2.24) is 20.8 Å². The summed E-state index contributed by atoms with van der Waals surface area (Å²) in [6.45, 7) is 11.5. The number of urea groups is 1. The van der Waals surface area contributed by atoms with E-state index in [4.69, 9.17) is 0 Å². The first kappa shape index (κ1) is 18.7. The van der Waals surface area contributed by atoms with E-state index in [1.807, 2.05) is 41.5 Å². The Hall–Kier alpha value is -1.35. The molecule has 0 aliphatic heterocycles. The standard InChI is InChI=1S/C13H23N5O2S2/c1-12(2,3)15-8(19)7-21-11-18-17-10(22-11)14-9(20)16-13(4,5)6/h7H2,1-6H3,(H,15,19)(H2,14,16,17,20). The Morgan fingerprint density at radius 1 is 1.05 bits per heavy atom. The number of rotatable bonds is 4. The molecule has 0 atom stereocenters. The summed E-state index contributed by atoms with van der Waals surface area (Å²) in [5.74, 6) is 0.202. The van der Waals surface area contributed by atoms with Gasteiger partial charge in [0, 0.05) is 11.1 Å². The molecule has 0 saturated heterocycles. The highest BCUT2D eigenvalue weighted by Crippen LogP contribution is 2.25. The van der Waals surface area contributed by atoms with Gasteiger partial charge >= 0.3 is 6.03 Å². The first-order valence-corrected chi connectivity index (χ1v) is 8.61. The van der Waals surface area contributed by atoms with Crippen LogP contribution in [0.25, 0.3) is 0 Å². The van der Waals surface area contributed by atoms with Gasteiger partial charge < -0.3 is 10.6 Å². The third-order valence-corrected chi connectivity index (χ3v) is 3.93.